The molecule has 0 atom stereocenters. The molecule has 16 heavy (non-hydrogen) atoms. The minimum absolute atomic E-state index is 0.643. The van der Waals surface area contributed by atoms with E-state index in [1.807, 2.05) is 12.1 Å². The van der Waals surface area contributed by atoms with Gasteiger partial charge in [-0.25, -0.2) is 0 Å². The second-order valence-corrected chi connectivity index (χ2v) is 3.98. The summed E-state index contributed by atoms with van der Waals surface area (Å²) in [4.78, 5) is 8.32. The van der Waals surface area contributed by atoms with Crippen LogP contribution in [0.3, 0.4) is 0 Å². The largest absolute Gasteiger partial charge is 0.339 e. The molecule has 82 valence electrons. The molecule has 0 aliphatic carbocycles. The number of hydrogen-bond donors (Lipinski definition) is 1. The van der Waals surface area contributed by atoms with Crippen molar-refractivity contribution in [3.8, 4) is 11.4 Å². The van der Waals surface area contributed by atoms with Crippen molar-refractivity contribution in [3.05, 3.63) is 30.4 Å². The number of nitrogens with one attached hydrogen (secondary N) is 1. The van der Waals surface area contributed by atoms with Crippen LogP contribution in [0.25, 0.3) is 11.4 Å². The molecule has 0 amide bonds. The molecule has 5 heteroatoms. The third-order valence-electron chi connectivity index (χ3n) is 2.74. The Hall–Kier alpha value is -1.75. The molecule has 1 N–H and O–H groups in total. The normalized spacial score (nSPS) is 16.0. The first-order valence-corrected chi connectivity index (χ1v) is 5.35. The maximum atomic E-state index is 5.22. The molecule has 1 aliphatic heterocycles. The lowest BCUT2D eigenvalue weighted by atomic mass is 10.00. The smallest absolute Gasteiger partial charge is 0.227 e. The van der Waals surface area contributed by atoms with Crippen LogP contribution in [-0.4, -0.2) is 28.2 Å². The van der Waals surface area contributed by atoms with Gasteiger partial charge in [-0.1, -0.05) is 5.16 Å². The Balaban J connectivity index is 1.77. The minimum Gasteiger partial charge on any atom is -0.339 e. The topological polar surface area (TPSA) is 63.8 Å². The first kappa shape index (κ1) is 9.47. The Kier molecular flexibility index (Phi) is 2.38. The van der Waals surface area contributed by atoms with E-state index in [1.54, 1.807) is 12.4 Å². The molecule has 2 aromatic rings. The standard InChI is InChI=1S/C11H12N4O/c1-3-12-4-2-9(1)11-14-10(16-15-11)5-8-6-13-7-8/h1-4,8,13H,5-7H2. The molecule has 0 bridgehead atoms. The summed E-state index contributed by atoms with van der Waals surface area (Å²) in [5.41, 5.74) is 0.941. The van der Waals surface area contributed by atoms with E-state index in [9.17, 15) is 0 Å². The highest BCUT2D eigenvalue weighted by Gasteiger charge is 2.20. The fourth-order valence-corrected chi connectivity index (χ4v) is 1.70. The van der Waals surface area contributed by atoms with Gasteiger partial charge in [0.2, 0.25) is 11.7 Å². The van der Waals surface area contributed by atoms with Crippen molar-refractivity contribution >= 4 is 0 Å². The third kappa shape index (κ3) is 1.81. The quantitative estimate of drug-likeness (QED) is 0.825. The molecular formula is C11H12N4O. The van der Waals surface area contributed by atoms with Gasteiger partial charge in [-0.05, 0) is 31.1 Å². The summed E-state index contributed by atoms with van der Waals surface area (Å²) in [6.07, 6.45) is 4.31. The molecule has 0 aromatic carbocycles. The van der Waals surface area contributed by atoms with Crippen LogP contribution in [0.15, 0.2) is 29.0 Å². The molecule has 1 aliphatic rings. The number of pyridine rings is 1. The van der Waals surface area contributed by atoms with Crippen LogP contribution in [0.5, 0.6) is 0 Å². The zero-order valence-electron chi connectivity index (χ0n) is 8.76. The van der Waals surface area contributed by atoms with Gasteiger partial charge in [0.1, 0.15) is 0 Å². The van der Waals surface area contributed by atoms with Crippen molar-refractivity contribution in [1.29, 1.82) is 0 Å². The first-order chi connectivity index (χ1) is 7.92. The molecule has 2 aromatic heterocycles. The van der Waals surface area contributed by atoms with Crippen LogP contribution in [0.4, 0.5) is 0 Å². The van der Waals surface area contributed by atoms with Gasteiger partial charge in [-0.15, -0.1) is 0 Å². The van der Waals surface area contributed by atoms with Crippen molar-refractivity contribution in [2.24, 2.45) is 5.92 Å². The Bertz CT molecular complexity index is 464. The molecule has 3 heterocycles. The van der Waals surface area contributed by atoms with E-state index >= 15 is 0 Å². The van der Waals surface area contributed by atoms with Crippen molar-refractivity contribution < 1.29 is 4.52 Å². The summed E-state index contributed by atoms with van der Waals surface area (Å²) >= 11 is 0. The second kappa shape index (κ2) is 4.02. The highest BCUT2D eigenvalue weighted by molar-refractivity contribution is 5.52. The number of rotatable bonds is 3. The van der Waals surface area contributed by atoms with E-state index in [1.165, 1.54) is 0 Å². The first-order valence-electron chi connectivity index (χ1n) is 5.35. The number of hydrogen-bond acceptors (Lipinski definition) is 5. The molecule has 0 unspecified atom stereocenters. The van der Waals surface area contributed by atoms with Crippen LogP contribution >= 0.6 is 0 Å². The summed E-state index contributed by atoms with van der Waals surface area (Å²) in [5.74, 6) is 2.01. The van der Waals surface area contributed by atoms with Crippen LogP contribution in [0.1, 0.15) is 5.89 Å². The zero-order chi connectivity index (χ0) is 10.8. The summed E-state index contributed by atoms with van der Waals surface area (Å²) < 4.78 is 5.22. The van der Waals surface area contributed by atoms with Gasteiger partial charge in [-0.3, -0.25) is 4.98 Å². The van der Waals surface area contributed by atoms with Crippen molar-refractivity contribution in [1.82, 2.24) is 20.4 Å². The Morgan fingerprint density at radius 3 is 2.81 bits per heavy atom. The van der Waals surface area contributed by atoms with Crippen LogP contribution in [0, 0.1) is 5.92 Å². The van der Waals surface area contributed by atoms with Crippen molar-refractivity contribution in [2.75, 3.05) is 13.1 Å². The zero-order valence-corrected chi connectivity index (χ0v) is 8.76. The highest BCUT2D eigenvalue weighted by Crippen LogP contribution is 2.16. The molecule has 0 saturated carbocycles. The SMILES string of the molecule is c1cc(-c2noc(CC3CNC3)n2)ccn1. The molecule has 1 fully saturated rings. The summed E-state index contributed by atoms with van der Waals surface area (Å²) in [6.45, 7) is 2.10. The second-order valence-electron chi connectivity index (χ2n) is 3.98. The average molecular weight is 216 g/mol. The minimum atomic E-state index is 0.643. The maximum Gasteiger partial charge on any atom is 0.227 e. The molecule has 0 spiro atoms. The van der Waals surface area contributed by atoms with Crippen molar-refractivity contribution in [2.45, 2.75) is 6.42 Å². The Morgan fingerprint density at radius 1 is 1.31 bits per heavy atom. The lowest BCUT2D eigenvalue weighted by Gasteiger charge is -2.25. The van der Waals surface area contributed by atoms with Gasteiger partial charge in [0, 0.05) is 24.4 Å². The molecule has 5 nitrogen and oxygen atoms in total. The predicted molar refractivity (Wildman–Crippen MR) is 57.6 cm³/mol. The van der Waals surface area contributed by atoms with Gasteiger partial charge in [0.05, 0.1) is 0 Å². The van der Waals surface area contributed by atoms with Crippen molar-refractivity contribution in [3.63, 3.8) is 0 Å². The summed E-state index contributed by atoms with van der Waals surface area (Å²) in [6, 6.07) is 3.75. The van der Waals surface area contributed by atoms with Crippen LogP contribution in [0.2, 0.25) is 0 Å². The van der Waals surface area contributed by atoms with E-state index in [-0.39, 0.29) is 0 Å². The third-order valence-corrected chi connectivity index (χ3v) is 2.74. The molecule has 0 radical (unpaired) electrons. The van der Waals surface area contributed by atoms with Gasteiger partial charge in [-0.2, -0.15) is 4.98 Å². The maximum absolute atomic E-state index is 5.22. The van der Waals surface area contributed by atoms with Gasteiger partial charge in [0.25, 0.3) is 0 Å². The molecule has 1 saturated heterocycles. The van der Waals surface area contributed by atoms with Crippen LogP contribution in [-0.2, 0) is 6.42 Å². The van der Waals surface area contributed by atoms with E-state index < -0.39 is 0 Å². The van der Waals surface area contributed by atoms with Gasteiger partial charge < -0.3 is 9.84 Å². The predicted octanol–water partition coefficient (Wildman–Crippen LogP) is 0.893. The monoisotopic (exact) mass is 216 g/mol. The highest BCUT2D eigenvalue weighted by atomic mass is 16.5. The average Bonchev–Trinajstić information content (AvgIpc) is 2.73. The fourth-order valence-electron chi connectivity index (χ4n) is 1.70. The molecule has 3 rings (SSSR count). The molecular weight excluding hydrogens is 204 g/mol. The van der Waals surface area contributed by atoms with Gasteiger partial charge >= 0.3 is 0 Å². The van der Waals surface area contributed by atoms with E-state index in [0.29, 0.717) is 11.7 Å². The number of nitrogens with zero attached hydrogens (tertiary/aromatic N) is 3. The lowest BCUT2D eigenvalue weighted by Crippen LogP contribution is -2.43. The lowest BCUT2D eigenvalue weighted by molar-refractivity contribution is 0.296. The van der Waals surface area contributed by atoms with E-state index in [0.717, 1.165) is 31.0 Å². The Labute approximate surface area is 92.9 Å². The van der Waals surface area contributed by atoms with Gasteiger partial charge in [0.15, 0.2) is 0 Å². The van der Waals surface area contributed by atoms with Crippen LogP contribution < -0.4 is 5.32 Å². The number of aromatic nitrogens is 3. The Morgan fingerprint density at radius 2 is 2.12 bits per heavy atom. The summed E-state index contributed by atoms with van der Waals surface area (Å²) in [5, 5.41) is 7.19. The van der Waals surface area contributed by atoms with E-state index in [4.69, 9.17) is 4.52 Å². The summed E-state index contributed by atoms with van der Waals surface area (Å²) in [7, 11) is 0. The fraction of sp³-hybridized carbons (Fsp3) is 0.364. The van der Waals surface area contributed by atoms with E-state index in [2.05, 4.69) is 20.4 Å².